The maximum atomic E-state index is 2.51. The first-order valence-corrected chi connectivity index (χ1v) is 6.63. The molecule has 0 bridgehead atoms. The molecule has 0 amide bonds. The summed E-state index contributed by atoms with van der Waals surface area (Å²) in [4.78, 5) is 2.51. The van der Waals surface area contributed by atoms with E-state index >= 15 is 0 Å². The second-order valence-corrected chi connectivity index (χ2v) is 3.67. The van der Waals surface area contributed by atoms with Crippen LogP contribution in [0.25, 0.3) is 0 Å². The van der Waals surface area contributed by atoms with Gasteiger partial charge in [0, 0.05) is 6.54 Å². The van der Waals surface area contributed by atoms with Crippen LogP contribution in [0.1, 0.15) is 39.7 Å². The molecule has 1 rings (SSSR count). The van der Waals surface area contributed by atoms with E-state index in [1.165, 1.54) is 38.0 Å². The molecule has 0 heterocycles. The van der Waals surface area contributed by atoms with Crippen molar-refractivity contribution in [2.24, 2.45) is 0 Å². The predicted octanol–water partition coefficient (Wildman–Crippen LogP) is 3.99. The zero-order valence-corrected chi connectivity index (χ0v) is 11.4. The van der Waals surface area contributed by atoms with Crippen molar-refractivity contribution in [1.82, 2.24) is 4.90 Å². The van der Waals surface area contributed by atoms with Gasteiger partial charge >= 0.3 is 0 Å². The monoisotopic (exact) mass is 221 g/mol. The molecule has 1 nitrogen and oxygen atoms in total. The topological polar surface area (TPSA) is 3.24 Å². The molecule has 92 valence electrons. The summed E-state index contributed by atoms with van der Waals surface area (Å²) < 4.78 is 0. The second kappa shape index (κ2) is 10.7. The number of rotatable bonds is 6. The fourth-order valence-corrected chi connectivity index (χ4v) is 1.68. The van der Waals surface area contributed by atoms with Crippen LogP contribution in [0, 0.1) is 0 Å². The molecule has 1 heteroatoms. The summed E-state index contributed by atoms with van der Waals surface area (Å²) in [5, 5.41) is 0. The van der Waals surface area contributed by atoms with E-state index < -0.39 is 0 Å². The number of nitrogens with zero attached hydrogens (tertiary/aromatic N) is 1. The van der Waals surface area contributed by atoms with Gasteiger partial charge in [-0.3, -0.25) is 0 Å². The minimum absolute atomic E-state index is 1.17. The number of hydrogen-bond acceptors (Lipinski definition) is 1. The summed E-state index contributed by atoms with van der Waals surface area (Å²) in [5.41, 5.74) is 1.45. The first kappa shape index (κ1) is 15.2. The standard InChI is InChI=1S/C13H21N.C2H6/c1-3-11-14(4-2)12-10-13-8-6-5-7-9-13;1-2/h5-9H,3-4,10-12H2,1-2H3;1-2H3. The molecule has 0 N–H and O–H groups in total. The van der Waals surface area contributed by atoms with Crippen molar-refractivity contribution in [3.8, 4) is 0 Å². The highest BCUT2D eigenvalue weighted by atomic mass is 15.1. The van der Waals surface area contributed by atoms with Gasteiger partial charge in [-0.15, -0.1) is 0 Å². The molecule has 0 aliphatic rings. The molecular weight excluding hydrogens is 194 g/mol. The Labute approximate surface area is 101 Å². The lowest BCUT2D eigenvalue weighted by atomic mass is 10.1. The first-order chi connectivity index (χ1) is 7.86. The molecule has 0 saturated heterocycles. The predicted molar refractivity (Wildman–Crippen MR) is 73.9 cm³/mol. The van der Waals surface area contributed by atoms with Gasteiger partial charge in [-0.25, -0.2) is 0 Å². The third kappa shape index (κ3) is 6.62. The largest absolute Gasteiger partial charge is 0.303 e. The quantitative estimate of drug-likeness (QED) is 0.702. The zero-order valence-electron chi connectivity index (χ0n) is 11.4. The van der Waals surface area contributed by atoms with Crippen molar-refractivity contribution < 1.29 is 0 Å². The maximum Gasteiger partial charge on any atom is 0.00217 e. The van der Waals surface area contributed by atoms with Crippen molar-refractivity contribution >= 4 is 0 Å². The number of benzene rings is 1. The van der Waals surface area contributed by atoms with Crippen LogP contribution in [-0.4, -0.2) is 24.5 Å². The third-order valence-corrected chi connectivity index (χ3v) is 2.55. The van der Waals surface area contributed by atoms with E-state index in [1.54, 1.807) is 0 Å². The fraction of sp³-hybridized carbons (Fsp3) is 0.600. The Kier molecular flexibility index (Phi) is 10.1. The highest BCUT2D eigenvalue weighted by Gasteiger charge is 2.00. The lowest BCUT2D eigenvalue weighted by Gasteiger charge is -2.19. The molecule has 1 aromatic carbocycles. The smallest absolute Gasteiger partial charge is 0.00217 e. The first-order valence-electron chi connectivity index (χ1n) is 6.63. The van der Waals surface area contributed by atoms with E-state index in [0.717, 1.165) is 0 Å². The van der Waals surface area contributed by atoms with Crippen LogP contribution < -0.4 is 0 Å². The van der Waals surface area contributed by atoms with Crippen molar-refractivity contribution in [1.29, 1.82) is 0 Å². The lowest BCUT2D eigenvalue weighted by molar-refractivity contribution is 0.292. The summed E-state index contributed by atoms with van der Waals surface area (Å²) in [7, 11) is 0. The highest BCUT2D eigenvalue weighted by Crippen LogP contribution is 2.01. The lowest BCUT2D eigenvalue weighted by Crippen LogP contribution is -2.26. The number of hydrogen-bond donors (Lipinski definition) is 0. The van der Waals surface area contributed by atoms with Crippen LogP contribution in [0.5, 0.6) is 0 Å². The van der Waals surface area contributed by atoms with E-state index in [-0.39, 0.29) is 0 Å². The maximum absolute atomic E-state index is 2.51. The van der Waals surface area contributed by atoms with Crippen molar-refractivity contribution in [2.45, 2.75) is 40.5 Å². The average Bonchev–Trinajstić information content (AvgIpc) is 2.38. The minimum atomic E-state index is 1.17. The molecule has 0 spiro atoms. The second-order valence-electron chi connectivity index (χ2n) is 3.67. The molecule has 0 saturated carbocycles. The van der Waals surface area contributed by atoms with Crippen LogP contribution in [0.3, 0.4) is 0 Å². The molecule has 0 aliphatic carbocycles. The van der Waals surface area contributed by atoms with Gasteiger partial charge in [-0.05, 0) is 31.5 Å². The molecule has 0 radical (unpaired) electrons. The van der Waals surface area contributed by atoms with Crippen molar-refractivity contribution in [3.05, 3.63) is 35.9 Å². The van der Waals surface area contributed by atoms with Gasteiger partial charge < -0.3 is 4.90 Å². The van der Waals surface area contributed by atoms with Crippen molar-refractivity contribution in [3.63, 3.8) is 0 Å². The molecule has 1 aromatic rings. The molecular formula is C15H27N. The van der Waals surface area contributed by atoms with E-state index in [1.807, 2.05) is 13.8 Å². The Balaban J connectivity index is 0.00000106. The summed E-state index contributed by atoms with van der Waals surface area (Å²) in [5.74, 6) is 0. The number of likely N-dealkylation sites (N-methyl/N-ethyl adjacent to an activating group) is 1. The van der Waals surface area contributed by atoms with Crippen LogP contribution in [-0.2, 0) is 6.42 Å². The molecule has 0 atom stereocenters. The van der Waals surface area contributed by atoms with E-state index in [2.05, 4.69) is 49.1 Å². The van der Waals surface area contributed by atoms with E-state index in [0.29, 0.717) is 0 Å². The zero-order chi connectivity index (χ0) is 12.2. The molecule has 0 unspecified atom stereocenters. The molecule has 0 aromatic heterocycles. The summed E-state index contributed by atoms with van der Waals surface area (Å²) in [6.07, 6.45) is 2.43. The summed E-state index contributed by atoms with van der Waals surface area (Å²) in [6, 6.07) is 10.7. The molecule has 0 aliphatic heterocycles. The normalized spacial score (nSPS) is 9.81. The summed E-state index contributed by atoms with van der Waals surface area (Å²) in [6.45, 7) is 12.1. The Hall–Kier alpha value is -0.820. The van der Waals surface area contributed by atoms with Gasteiger partial charge in [0.25, 0.3) is 0 Å². The SMILES string of the molecule is CC.CCCN(CC)CCc1ccccc1. The molecule has 16 heavy (non-hydrogen) atoms. The Morgan fingerprint density at radius 3 is 2.06 bits per heavy atom. The van der Waals surface area contributed by atoms with Crippen LogP contribution >= 0.6 is 0 Å². The Morgan fingerprint density at radius 1 is 0.938 bits per heavy atom. The van der Waals surface area contributed by atoms with E-state index in [4.69, 9.17) is 0 Å². The average molecular weight is 221 g/mol. The highest BCUT2D eigenvalue weighted by molar-refractivity contribution is 5.14. The van der Waals surface area contributed by atoms with Gasteiger partial charge in [0.15, 0.2) is 0 Å². The van der Waals surface area contributed by atoms with Gasteiger partial charge in [-0.2, -0.15) is 0 Å². The summed E-state index contributed by atoms with van der Waals surface area (Å²) >= 11 is 0. The van der Waals surface area contributed by atoms with E-state index in [9.17, 15) is 0 Å². The third-order valence-electron chi connectivity index (χ3n) is 2.55. The van der Waals surface area contributed by atoms with Crippen molar-refractivity contribution in [2.75, 3.05) is 19.6 Å². The van der Waals surface area contributed by atoms with Crippen LogP contribution in [0.4, 0.5) is 0 Å². The van der Waals surface area contributed by atoms with Crippen LogP contribution in [0.2, 0.25) is 0 Å². The van der Waals surface area contributed by atoms with Gasteiger partial charge in [-0.1, -0.05) is 58.0 Å². The fourth-order valence-electron chi connectivity index (χ4n) is 1.68. The van der Waals surface area contributed by atoms with Gasteiger partial charge in [0.05, 0.1) is 0 Å². The van der Waals surface area contributed by atoms with Gasteiger partial charge in [0.1, 0.15) is 0 Å². The van der Waals surface area contributed by atoms with Crippen LogP contribution in [0.15, 0.2) is 30.3 Å². The minimum Gasteiger partial charge on any atom is -0.303 e. The molecule has 0 fully saturated rings. The van der Waals surface area contributed by atoms with Gasteiger partial charge in [0.2, 0.25) is 0 Å². The Morgan fingerprint density at radius 2 is 1.56 bits per heavy atom. The Bertz CT molecular complexity index is 230.